The van der Waals surface area contributed by atoms with E-state index in [2.05, 4.69) is 123 Å². The Balaban J connectivity index is 1.42. The molecule has 2 aromatic heterocycles. The molecule has 0 N–H and O–H groups in total. The molecule has 0 saturated heterocycles. The van der Waals surface area contributed by atoms with Crippen LogP contribution in [-0.2, 0) is 0 Å². The van der Waals surface area contributed by atoms with Gasteiger partial charge in [-0.2, -0.15) is 5.26 Å². The first-order valence-corrected chi connectivity index (χ1v) is 15.2. The highest BCUT2D eigenvalue weighted by Crippen LogP contribution is 2.42. The molecule has 9 rings (SSSR count). The molecular formula is C42H24N4. The predicted octanol–water partition coefficient (Wildman–Crippen LogP) is 11.1. The number of fused-ring (bicyclic) bond motifs is 8. The van der Waals surface area contributed by atoms with Gasteiger partial charge in [0.05, 0.1) is 51.6 Å². The average Bonchev–Trinajstić information content (AvgIpc) is 3.64. The van der Waals surface area contributed by atoms with Crippen LogP contribution in [0.25, 0.3) is 81.7 Å². The molecule has 0 amide bonds. The molecule has 0 aliphatic carbocycles. The molecule has 9 aromatic rings. The van der Waals surface area contributed by atoms with Gasteiger partial charge in [0, 0.05) is 21.5 Å². The lowest BCUT2D eigenvalue weighted by Crippen LogP contribution is -2.02. The van der Waals surface area contributed by atoms with Gasteiger partial charge in [0.1, 0.15) is 0 Å². The van der Waals surface area contributed by atoms with Crippen molar-refractivity contribution in [2.24, 2.45) is 0 Å². The molecule has 7 aromatic carbocycles. The minimum absolute atomic E-state index is 0.431. The zero-order valence-corrected chi connectivity index (χ0v) is 24.6. The van der Waals surface area contributed by atoms with Gasteiger partial charge in [-0.25, -0.2) is 4.85 Å². The van der Waals surface area contributed by atoms with Crippen molar-refractivity contribution in [2.45, 2.75) is 0 Å². The molecule has 0 fully saturated rings. The Labute approximate surface area is 265 Å². The average molecular weight is 585 g/mol. The van der Waals surface area contributed by atoms with E-state index in [1.54, 1.807) is 6.07 Å². The summed E-state index contributed by atoms with van der Waals surface area (Å²) in [6, 6.07) is 52.6. The van der Waals surface area contributed by atoms with Crippen LogP contribution in [-0.4, -0.2) is 9.13 Å². The molecule has 2 heterocycles. The van der Waals surface area contributed by atoms with Gasteiger partial charge in [-0.05, 0) is 64.4 Å². The lowest BCUT2D eigenvalue weighted by molar-refractivity contribution is 1.13. The number of nitriles is 1. The quantitative estimate of drug-likeness (QED) is 0.190. The van der Waals surface area contributed by atoms with Crippen molar-refractivity contribution in [1.82, 2.24) is 9.13 Å². The highest BCUT2D eigenvalue weighted by atomic mass is 15.0. The van der Waals surface area contributed by atoms with Crippen LogP contribution in [0.2, 0.25) is 0 Å². The summed E-state index contributed by atoms with van der Waals surface area (Å²) in [5.41, 5.74) is 8.72. The van der Waals surface area contributed by atoms with Crippen molar-refractivity contribution in [3.05, 3.63) is 163 Å². The van der Waals surface area contributed by atoms with E-state index in [1.807, 2.05) is 36.4 Å². The van der Waals surface area contributed by atoms with Crippen LogP contribution in [0.3, 0.4) is 0 Å². The molecule has 0 atom stereocenters. The summed E-state index contributed by atoms with van der Waals surface area (Å²) >= 11 is 0. The van der Waals surface area contributed by atoms with Gasteiger partial charge in [-0.15, -0.1) is 0 Å². The SMILES string of the molecule is [C-]#[N+]c1cc(C#N)c(-n2c3ccccc3c3ccccc32)cc1-n1c2ccc(-c3ccccc3)cc2c2c3ccccc3ccc21. The fourth-order valence-corrected chi connectivity index (χ4v) is 7.15. The van der Waals surface area contributed by atoms with Crippen molar-refractivity contribution in [3.8, 4) is 28.6 Å². The molecule has 0 unspecified atom stereocenters. The van der Waals surface area contributed by atoms with Crippen LogP contribution in [0.5, 0.6) is 0 Å². The topological polar surface area (TPSA) is 38.0 Å². The molecule has 46 heavy (non-hydrogen) atoms. The van der Waals surface area contributed by atoms with Crippen molar-refractivity contribution < 1.29 is 0 Å². The van der Waals surface area contributed by atoms with Gasteiger partial charge in [-0.1, -0.05) is 103 Å². The van der Waals surface area contributed by atoms with Crippen molar-refractivity contribution in [2.75, 3.05) is 0 Å². The van der Waals surface area contributed by atoms with Crippen molar-refractivity contribution in [3.63, 3.8) is 0 Å². The fraction of sp³-hybridized carbons (Fsp3) is 0. The van der Waals surface area contributed by atoms with Gasteiger partial charge < -0.3 is 9.13 Å². The van der Waals surface area contributed by atoms with Crippen LogP contribution in [0.15, 0.2) is 146 Å². The Bertz CT molecular complexity index is 2710. The Morgan fingerprint density at radius 2 is 1.11 bits per heavy atom. The first-order valence-electron chi connectivity index (χ1n) is 15.2. The normalized spacial score (nSPS) is 11.4. The lowest BCUT2D eigenvalue weighted by atomic mass is 10.0. The Morgan fingerprint density at radius 3 is 1.83 bits per heavy atom. The molecule has 0 bridgehead atoms. The Kier molecular flexibility index (Phi) is 5.59. The Hall–Kier alpha value is -6.62. The van der Waals surface area contributed by atoms with E-state index in [4.69, 9.17) is 6.57 Å². The predicted molar refractivity (Wildman–Crippen MR) is 189 cm³/mol. The number of hydrogen-bond acceptors (Lipinski definition) is 1. The number of benzene rings is 7. The summed E-state index contributed by atoms with van der Waals surface area (Å²) in [4.78, 5) is 3.99. The van der Waals surface area contributed by atoms with Gasteiger partial charge in [0.2, 0.25) is 5.69 Å². The van der Waals surface area contributed by atoms with E-state index in [-0.39, 0.29) is 0 Å². The van der Waals surface area contributed by atoms with Crippen molar-refractivity contribution in [1.29, 1.82) is 5.26 Å². The number of para-hydroxylation sites is 2. The second kappa shape index (κ2) is 9.96. The standard InChI is InChI=1S/C42H24N4/c1-44-35-24-30(26-43)40(45-36-17-9-7-15-32(36)33-16-8-10-18-37(33)45)25-41(35)46-38-21-20-29(27-11-3-2-4-12-27)23-34(38)42-31-14-6-5-13-28(31)19-22-39(42)46/h2-25H. The number of aromatic nitrogens is 2. The van der Waals surface area contributed by atoms with E-state index in [0.29, 0.717) is 11.3 Å². The van der Waals surface area contributed by atoms with E-state index in [9.17, 15) is 5.26 Å². The molecule has 4 heteroatoms. The fourth-order valence-electron chi connectivity index (χ4n) is 7.15. The maximum Gasteiger partial charge on any atom is 0.212 e. The van der Waals surface area contributed by atoms with Crippen LogP contribution in [0, 0.1) is 17.9 Å². The second-order valence-corrected chi connectivity index (χ2v) is 11.6. The molecular weight excluding hydrogens is 560 g/mol. The molecule has 0 aliphatic rings. The first kappa shape index (κ1) is 25.8. The maximum atomic E-state index is 10.4. The van der Waals surface area contributed by atoms with Gasteiger partial charge >= 0.3 is 0 Å². The summed E-state index contributed by atoms with van der Waals surface area (Å²) in [7, 11) is 0. The lowest BCUT2D eigenvalue weighted by Gasteiger charge is -2.16. The highest BCUT2D eigenvalue weighted by Gasteiger charge is 2.22. The molecule has 0 radical (unpaired) electrons. The van der Waals surface area contributed by atoms with E-state index in [1.165, 1.54) is 0 Å². The zero-order valence-electron chi connectivity index (χ0n) is 24.6. The Morgan fingerprint density at radius 1 is 0.500 bits per heavy atom. The van der Waals surface area contributed by atoms with Gasteiger partial charge in [0.15, 0.2) is 0 Å². The van der Waals surface area contributed by atoms with Crippen LogP contribution in [0.4, 0.5) is 5.69 Å². The summed E-state index contributed by atoms with van der Waals surface area (Å²) in [5.74, 6) is 0. The third-order valence-electron chi connectivity index (χ3n) is 9.16. The molecule has 4 nitrogen and oxygen atoms in total. The van der Waals surface area contributed by atoms with Crippen LogP contribution >= 0.6 is 0 Å². The van der Waals surface area contributed by atoms with Crippen LogP contribution < -0.4 is 0 Å². The summed E-state index contributed by atoms with van der Waals surface area (Å²) in [6.07, 6.45) is 0. The minimum Gasteiger partial charge on any atom is -0.319 e. The molecule has 0 aliphatic heterocycles. The third-order valence-corrected chi connectivity index (χ3v) is 9.16. The van der Waals surface area contributed by atoms with Gasteiger partial charge in [0.25, 0.3) is 0 Å². The highest BCUT2D eigenvalue weighted by molar-refractivity contribution is 6.22. The van der Waals surface area contributed by atoms with Crippen molar-refractivity contribution >= 4 is 60.1 Å². The number of nitrogens with zero attached hydrogens (tertiary/aromatic N) is 4. The number of hydrogen-bond donors (Lipinski definition) is 0. The van der Waals surface area contributed by atoms with E-state index in [0.717, 1.165) is 76.9 Å². The second-order valence-electron chi connectivity index (χ2n) is 11.6. The molecule has 212 valence electrons. The van der Waals surface area contributed by atoms with Crippen LogP contribution in [0.1, 0.15) is 5.56 Å². The smallest absolute Gasteiger partial charge is 0.212 e. The largest absolute Gasteiger partial charge is 0.319 e. The van der Waals surface area contributed by atoms with E-state index >= 15 is 0 Å². The monoisotopic (exact) mass is 584 g/mol. The minimum atomic E-state index is 0.431. The van der Waals surface area contributed by atoms with Gasteiger partial charge in [-0.3, -0.25) is 0 Å². The third kappa shape index (κ3) is 3.65. The molecule has 0 saturated carbocycles. The maximum absolute atomic E-state index is 10.4. The summed E-state index contributed by atoms with van der Waals surface area (Å²) in [5, 5.41) is 17.3. The van der Waals surface area contributed by atoms with E-state index < -0.39 is 0 Å². The molecule has 0 spiro atoms. The summed E-state index contributed by atoms with van der Waals surface area (Å²) in [6.45, 7) is 8.26. The zero-order chi connectivity index (χ0) is 30.8. The summed E-state index contributed by atoms with van der Waals surface area (Å²) < 4.78 is 4.37. The first-order chi connectivity index (χ1) is 22.7. The number of rotatable bonds is 3.